The third-order valence-electron chi connectivity index (χ3n) is 8.49. The lowest BCUT2D eigenvalue weighted by Gasteiger charge is -2.62. The van der Waals surface area contributed by atoms with Crippen LogP contribution in [-0.2, 0) is 9.53 Å². The van der Waals surface area contributed by atoms with Crippen LogP contribution < -0.4 is 0 Å². The molecule has 0 N–H and O–H groups in total. The standard InChI is InChI=1S/C25H39NO2/c1-17(2)6-5-7-24(27)28-21-11-10-20-14-23-18(3)25(4,22(20)15-21)12-13-26(23)16-19-8-9-19/h5-7,18-23H,8-16H2,1-4H3/b7-5+. The van der Waals surface area contributed by atoms with Crippen LogP contribution in [0.5, 0.6) is 0 Å². The summed E-state index contributed by atoms with van der Waals surface area (Å²) in [6.07, 6.45) is 14.4. The summed E-state index contributed by atoms with van der Waals surface area (Å²) in [4.78, 5) is 15.1. The molecule has 2 bridgehead atoms. The SMILES string of the molecule is CC(C)=C/C=C/C(=O)OC1CCC2CC3C(C)C(C)(CCN3CC3CC3)C2C1. The van der Waals surface area contributed by atoms with Gasteiger partial charge in [-0.15, -0.1) is 0 Å². The number of nitrogens with zero attached hydrogens (tertiary/aromatic N) is 1. The summed E-state index contributed by atoms with van der Waals surface area (Å²) in [6.45, 7) is 11.8. The molecule has 156 valence electrons. The molecule has 0 spiro atoms. The molecule has 3 saturated carbocycles. The molecule has 6 atom stereocenters. The van der Waals surface area contributed by atoms with Crippen molar-refractivity contribution in [2.45, 2.75) is 84.8 Å². The molecule has 3 aliphatic carbocycles. The van der Waals surface area contributed by atoms with Crippen molar-refractivity contribution in [3.05, 3.63) is 23.8 Å². The highest BCUT2D eigenvalue weighted by molar-refractivity contribution is 5.82. The molecule has 0 radical (unpaired) electrons. The molecule has 4 fully saturated rings. The van der Waals surface area contributed by atoms with E-state index in [1.807, 2.05) is 26.0 Å². The number of hydrogen-bond acceptors (Lipinski definition) is 3. The molecule has 3 heteroatoms. The lowest BCUT2D eigenvalue weighted by Crippen LogP contribution is -2.61. The van der Waals surface area contributed by atoms with Crippen LogP contribution in [-0.4, -0.2) is 36.1 Å². The normalized spacial score (nSPS) is 40.8. The van der Waals surface area contributed by atoms with Crippen LogP contribution >= 0.6 is 0 Å². The van der Waals surface area contributed by atoms with Crippen molar-refractivity contribution < 1.29 is 9.53 Å². The van der Waals surface area contributed by atoms with Crippen LogP contribution in [0.4, 0.5) is 0 Å². The Balaban J connectivity index is 1.39. The largest absolute Gasteiger partial charge is 0.459 e. The fourth-order valence-corrected chi connectivity index (χ4v) is 6.49. The average Bonchev–Trinajstić information content (AvgIpc) is 3.45. The second kappa shape index (κ2) is 7.97. The lowest BCUT2D eigenvalue weighted by molar-refractivity contribution is -0.158. The monoisotopic (exact) mass is 385 g/mol. The molecule has 1 saturated heterocycles. The maximum Gasteiger partial charge on any atom is 0.331 e. The number of piperidine rings is 1. The van der Waals surface area contributed by atoms with Gasteiger partial charge in [-0.3, -0.25) is 4.90 Å². The van der Waals surface area contributed by atoms with E-state index in [1.54, 1.807) is 6.08 Å². The maximum absolute atomic E-state index is 12.2. The number of carbonyl (C=O) groups is 1. The summed E-state index contributed by atoms with van der Waals surface area (Å²) in [5.41, 5.74) is 1.60. The molecule has 1 aliphatic heterocycles. The summed E-state index contributed by atoms with van der Waals surface area (Å²) in [7, 11) is 0. The van der Waals surface area contributed by atoms with Gasteiger partial charge in [0.25, 0.3) is 0 Å². The van der Waals surface area contributed by atoms with Gasteiger partial charge in [-0.1, -0.05) is 31.6 Å². The molecule has 0 aromatic rings. The molecular weight excluding hydrogens is 346 g/mol. The first-order chi connectivity index (χ1) is 13.4. The fourth-order valence-electron chi connectivity index (χ4n) is 6.49. The van der Waals surface area contributed by atoms with Crippen LogP contribution in [0.3, 0.4) is 0 Å². The van der Waals surface area contributed by atoms with Gasteiger partial charge in [-0.2, -0.15) is 0 Å². The van der Waals surface area contributed by atoms with Crippen LogP contribution in [0.1, 0.15) is 72.6 Å². The van der Waals surface area contributed by atoms with E-state index in [0.717, 1.165) is 42.6 Å². The fraction of sp³-hybridized carbons (Fsp3) is 0.800. The molecule has 6 unspecified atom stereocenters. The molecule has 4 aliphatic rings. The number of rotatable bonds is 5. The van der Waals surface area contributed by atoms with Crippen molar-refractivity contribution in [3.8, 4) is 0 Å². The number of esters is 1. The summed E-state index contributed by atoms with van der Waals surface area (Å²) < 4.78 is 5.86. The van der Waals surface area contributed by atoms with Crippen LogP contribution in [0.25, 0.3) is 0 Å². The van der Waals surface area contributed by atoms with Gasteiger partial charge in [0.1, 0.15) is 6.10 Å². The number of fused-ring (bicyclic) bond motifs is 4. The Morgan fingerprint density at radius 2 is 1.96 bits per heavy atom. The van der Waals surface area contributed by atoms with Crippen molar-refractivity contribution in [2.24, 2.45) is 29.1 Å². The summed E-state index contributed by atoms with van der Waals surface area (Å²) >= 11 is 0. The Morgan fingerprint density at radius 1 is 1.18 bits per heavy atom. The lowest BCUT2D eigenvalue weighted by atomic mass is 9.49. The number of allylic oxidation sites excluding steroid dienone is 3. The van der Waals surface area contributed by atoms with Crippen molar-refractivity contribution in [2.75, 3.05) is 13.1 Å². The first-order valence-electron chi connectivity index (χ1n) is 11.6. The smallest absolute Gasteiger partial charge is 0.331 e. The van der Waals surface area contributed by atoms with Gasteiger partial charge in [0.05, 0.1) is 0 Å². The second-order valence-corrected chi connectivity index (χ2v) is 10.6. The quantitative estimate of drug-likeness (QED) is 0.362. The van der Waals surface area contributed by atoms with Gasteiger partial charge in [0.15, 0.2) is 0 Å². The molecule has 28 heavy (non-hydrogen) atoms. The minimum absolute atomic E-state index is 0.107. The first-order valence-corrected chi connectivity index (χ1v) is 11.6. The zero-order chi connectivity index (χ0) is 19.9. The second-order valence-electron chi connectivity index (χ2n) is 10.6. The summed E-state index contributed by atoms with van der Waals surface area (Å²) in [5.74, 6) is 3.11. The zero-order valence-corrected chi connectivity index (χ0v) is 18.3. The van der Waals surface area contributed by atoms with Gasteiger partial charge in [0.2, 0.25) is 0 Å². The Hall–Kier alpha value is -1.09. The van der Waals surface area contributed by atoms with E-state index in [2.05, 4.69) is 18.7 Å². The highest BCUT2D eigenvalue weighted by atomic mass is 16.5. The molecule has 0 aromatic carbocycles. The molecule has 3 nitrogen and oxygen atoms in total. The zero-order valence-electron chi connectivity index (χ0n) is 18.3. The first kappa shape index (κ1) is 20.2. The number of carbonyl (C=O) groups excluding carboxylic acids is 1. The van der Waals surface area contributed by atoms with E-state index in [0.29, 0.717) is 5.41 Å². The molecule has 0 aromatic heterocycles. The molecular formula is C25H39NO2. The Morgan fingerprint density at radius 3 is 2.68 bits per heavy atom. The Labute approximate surface area is 171 Å². The highest BCUT2D eigenvalue weighted by Gasteiger charge is 2.56. The predicted octanol–water partition coefficient (Wildman–Crippen LogP) is 5.37. The van der Waals surface area contributed by atoms with Crippen molar-refractivity contribution in [1.82, 2.24) is 4.90 Å². The minimum Gasteiger partial charge on any atom is -0.459 e. The van der Waals surface area contributed by atoms with E-state index in [1.165, 1.54) is 50.8 Å². The van der Waals surface area contributed by atoms with E-state index in [4.69, 9.17) is 4.74 Å². The number of ether oxygens (including phenoxy) is 1. The van der Waals surface area contributed by atoms with Crippen LogP contribution in [0.2, 0.25) is 0 Å². The van der Waals surface area contributed by atoms with Gasteiger partial charge < -0.3 is 4.74 Å². The predicted molar refractivity (Wildman–Crippen MR) is 114 cm³/mol. The van der Waals surface area contributed by atoms with E-state index >= 15 is 0 Å². The Bertz CT molecular complexity index is 645. The molecule has 4 rings (SSSR count). The number of hydrogen-bond donors (Lipinski definition) is 0. The van der Waals surface area contributed by atoms with Gasteiger partial charge in [-0.05, 0) is 94.4 Å². The van der Waals surface area contributed by atoms with E-state index in [-0.39, 0.29) is 12.1 Å². The van der Waals surface area contributed by atoms with Crippen molar-refractivity contribution in [1.29, 1.82) is 0 Å². The van der Waals surface area contributed by atoms with Gasteiger partial charge in [-0.25, -0.2) is 4.79 Å². The van der Waals surface area contributed by atoms with E-state index < -0.39 is 0 Å². The number of likely N-dealkylation sites (tertiary alicyclic amines) is 1. The average molecular weight is 386 g/mol. The van der Waals surface area contributed by atoms with Crippen LogP contribution in [0, 0.1) is 29.1 Å². The third-order valence-corrected chi connectivity index (χ3v) is 8.49. The van der Waals surface area contributed by atoms with Crippen LogP contribution in [0.15, 0.2) is 23.8 Å². The maximum atomic E-state index is 12.2. The third kappa shape index (κ3) is 4.10. The van der Waals surface area contributed by atoms with Crippen molar-refractivity contribution >= 4 is 5.97 Å². The Kier molecular flexibility index (Phi) is 5.75. The van der Waals surface area contributed by atoms with Gasteiger partial charge >= 0.3 is 5.97 Å². The highest BCUT2D eigenvalue weighted by Crippen LogP contribution is 2.58. The summed E-state index contributed by atoms with van der Waals surface area (Å²) in [5, 5.41) is 0. The molecule has 0 amide bonds. The minimum atomic E-state index is -0.174. The van der Waals surface area contributed by atoms with E-state index in [9.17, 15) is 4.79 Å². The summed E-state index contributed by atoms with van der Waals surface area (Å²) in [6, 6.07) is 0.784. The van der Waals surface area contributed by atoms with Gasteiger partial charge in [0, 0.05) is 18.7 Å². The van der Waals surface area contributed by atoms with Crippen molar-refractivity contribution in [3.63, 3.8) is 0 Å². The topological polar surface area (TPSA) is 29.5 Å². The molecule has 1 heterocycles.